The molecule has 3 amide bonds. The third-order valence-electron chi connectivity index (χ3n) is 3.61. The highest BCUT2D eigenvalue weighted by atomic mass is 16.4. The molecule has 0 aromatic rings. The molecule has 7 N–H and O–H groups in total. The van der Waals surface area contributed by atoms with Crippen LogP contribution in [0.1, 0.15) is 40.0 Å². The van der Waals surface area contributed by atoms with Crippen molar-refractivity contribution in [1.29, 1.82) is 0 Å². The van der Waals surface area contributed by atoms with E-state index in [0.29, 0.717) is 6.42 Å². The molecule has 132 valence electrons. The van der Waals surface area contributed by atoms with Crippen LogP contribution in [0.2, 0.25) is 0 Å². The van der Waals surface area contributed by atoms with Gasteiger partial charge in [0.05, 0.1) is 6.04 Å². The Kier molecular flexibility index (Phi) is 8.86. The van der Waals surface area contributed by atoms with Crippen LogP contribution in [0.3, 0.4) is 0 Å². The first-order valence-electron chi connectivity index (χ1n) is 7.47. The molecule has 0 aliphatic rings. The summed E-state index contributed by atoms with van der Waals surface area (Å²) in [4.78, 5) is 45.6. The van der Waals surface area contributed by atoms with Gasteiger partial charge in [-0.15, -0.1) is 0 Å². The van der Waals surface area contributed by atoms with Crippen molar-refractivity contribution in [2.45, 2.75) is 58.2 Å². The molecule has 0 aromatic carbocycles. The number of carbonyl (C=O) groups is 4. The zero-order valence-electron chi connectivity index (χ0n) is 13.7. The third kappa shape index (κ3) is 7.59. The lowest BCUT2D eigenvalue weighted by molar-refractivity contribution is -0.142. The zero-order chi connectivity index (χ0) is 18.2. The summed E-state index contributed by atoms with van der Waals surface area (Å²) in [5.74, 6) is -3.15. The summed E-state index contributed by atoms with van der Waals surface area (Å²) in [6, 6.07) is -2.95. The van der Waals surface area contributed by atoms with Gasteiger partial charge in [-0.2, -0.15) is 0 Å². The molecule has 23 heavy (non-hydrogen) atoms. The lowest BCUT2D eigenvalue weighted by atomic mass is 9.99. The van der Waals surface area contributed by atoms with Gasteiger partial charge in [0.15, 0.2) is 0 Å². The van der Waals surface area contributed by atoms with Gasteiger partial charge in [0.2, 0.25) is 17.7 Å². The first-order chi connectivity index (χ1) is 10.6. The zero-order valence-corrected chi connectivity index (χ0v) is 13.7. The first-order valence-corrected chi connectivity index (χ1v) is 7.47. The van der Waals surface area contributed by atoms with Gasteiger partial charge in [0, 0.05) is 6.42 Å². The number of nitrogens with one attached hydrogen (secondary N) is 2. The van der Waals surface area contributed by atoms with Crippen molar-refractivity contribution in [3.8, 4) is 0 Å². The number of nitrogens with two attached hydrogens (primary N) is 2. The number of carboxylic acid groups (broad SMARTS) is 1. The normalized spacial score (nSPS) is 15.8. The summed E-state index contributed by atoms with van der Waals surface area (Å²) in [5.41, 5.74) is 10.7. The molecule has 0 radical (unpaired) electrons. The lowest BCUT2D eigenvalue weighted by Gasteiger charge is -2.22. The smallest absolute Gasteiger partial charge is 0.326 e. The van der Waals surface area contributed by atoms with Crippen molar-refractivity contribution >= 4 is 23.7 Å². The van der Waals surface area contributed by atoms with Crippen molar-refractivity contribution in [2.75, 3.05) is 0 Å². The number of rotatable bonds is 10. The molecule has 0 saturated carbocycles. The van der Waals surface area contributed by atoms with Crippen LogP contribution in [0, 0.1) is 5.92 Å². The fourth-order valence-corrected chi connectivity index (χ4v) is 1.73. The van der Waals surface area contributed by atoms with Crippen LogP contribution in [0.4, 0.5) is 0 Å². The van der Waals surface area contributed by atoms with Crippen LogP contribution in [-0.2, 0) is 19.2 Å². The molecule has 0 spiro atoms. The van der Waals surface area contributed by atoms with Crippen molar-refractivity contribution in [1.82, 2.24) is 10.6 Å². The fraction of sp³-hybridized carbons (Fsp3) is 0.714. The number of hydrogen-bond donors (Lipinski definition) is 5. The molecule has 0 aliphatic carbocycles. The van der Waals surface area contributed by atoms with Crippen LogP contribution in [0.25, 0.3) is 0 Å². The maximum atomic E-state index is 12.0. The standard InChI is InChI=1S/C14H26N4O5/c1-4-7(2)11(16)13(21)17-8(3)12(20)18-9(14(22)23)5-6-10(15)19/h7-9,11H,4-6,16H2,1-3H3,(H2,15,19)(H,17,21)(H,18,20)(H,22,23)/t7-,8-,9-,11-/m0/s1. The molecule has 9 nitrogen and oxygen atoms in total. The molecule has 0 aromatic heterocycles. The van der Waals surface area contributed by atoms with Gasteiger partial charge in [-0.3, -0.25) is 14.4 Å². The van der Waals surface area contributed by atoms with E-state index in [4.69, 9.17) is 16.6 Å². The molecule has 0 rings (SSSR count). The van der Waals surface area contributed by atoms with Gasteiger partial charge in [0.25, 0.3) is 0 Å². The Hall–Kier alpha value is -2.16. The van der Waals surface area contributed by atoms with E-state index in [1.54, 1.807) is 0 Å². The second-order valence-corrected chi connectivity index (χ2v) is 5.55. The predicted octanol–water partition coefficient (Wildman–Crippen LogP) is -1.30. The Balaban J connectivity index is 4.59. The summed E-state index contributed by atoms with van der Waals surface area (Å²) in [6.45, 7) is 5.13. The summed E-state index contributed by atoms with van der Waals surface area (Å²) in [5, 5.41) is 13.7. The van der Waals surface area contributed by atoms with Gasteiger partial charge in [-0.25, -0.2) is 4.79 Å². The largest absolute Gasteiger partial charge is 0.480 e. The molecule has 0 heterocycles. The Morgan fingerprint density at radius 2 is 1.65 bits per heavy atom. The number of carbonyl (C=O) groups excluding carboxylic acids is 3. The fourth-order valence-electron chi connectivity index (χ4n) is 1.73. The molecule has 0 aliphatic heterocycles. The van der Waals surface area contributed by atoms with Gasteiger partial charge < -0.3 is 27.2 Å². The van der Waals surface area contributed by atoms with Crippen molar-refractivity contribution in [3.63, 3.8) is 0 Å². The highest BCUT2D eigenvalue weighted by Gasteiger charge is 2.26. The molecule has 9 heteroatoms. The second-order valence-electron chi connectivity index (χ2n) is 5.55. The van der Waals surface area contributed by atoms with Crippen molar-refractivity contribution in [2.24, 2.45) is 17.4 Å². The van der Waals surface area contributed by atoms with E-state index in [9.17, 15) is 19.2 Å². The van der Waals surface area contributed by atoms with Crippen LogP contribution in [0.5, 0.6) is 0 Å². The molecule has 4 atom stereocenters. The van der Waals surface area contributed by atoms with Gasteiger partial charge >= 0.3 is 5.97 Å². The average Bonchev–Trinajstić information content (AvgIpc) is 2.48. The van der Waals surface area contributed by atoms with Crippen LogP contribution < -0.4 is 22.1 Å². The molecule has 0 unspecified atom stereocenters. The number of carboxylic acids is 1. The topological polar surface area (TPSA) is 165 Å². The molecule has 0 fully saturated rings. The number of primary amides is 1. The van der Waals surface area contributed by atoms with Crippen LogP contribution >= 0.6 is 0 Å². The lowest BCUT2D eigenvalue weighted by Crippen LogP contribution is -2.54. The van der Waals surface area contributed by atoms with E-state index in [1.165, 1.54) is 6.92 Å². The van der Waals surface area contributed by atoms with Gasteiger partial charge in [-0.05, 0) is 19.3 Å². The van der Waals surface area contributed by atoms with E-state index in [0.717, 1.165) is 0 Å². The Bertz CT molecular complexity index is 454. The second kappa shape index (κ2) is 9.78. The van der Waals surface area contributed by atoms with E-state index < -0.39 is 41.8 Å². The minimum atomic E-state index is -1.28. The average molecular weight is 330 g/mol. The van der Waals surface area contributed by atoms with Gasteiger partial charge in [-0.1, -0.05) is 20.3 Å². The summed E-state index contributed by atoms with van der Waals surface area (Å²) in [7, 11) is 0. The summed E-state index contributed by atoms with van der Waals surface area (Å²) < 4.78 is 0. The third-order valence-corrected chi connectivity index (χ3v) is 3.61. The summed E-state index contributed by atoms with van der Waals surface area (Å²) >= 11 is 0. The SMILES string of the molecule is CC[C@H](C)[C@H](N)C(=O)N[C@@H](C)C(=O)N[C@@H](CCC(N)=O)C(=O)O. The maximum absolute atomic E-state index is 12.0. The van der Waals surface area contributed by atoms with E-state index in [-0.39, 0.29) is 18.8 Å². The first kappa shape index (κ1) is 20.8. The predicted molar refractivity (Wildman–Crippen MR) is 83.0 cm³/mol. The molecular weight excluding hydrogens is 304 g/mol. The molecule has 0 saturated heterocycles. The highest BCUT2D eigenvalue weighted by molar-refractivity contribution is 5.91. The summed E-state index contributed by atoms with van der Waals surface area (Å²) in [6.07, 6.45) is 0.420. The Morgan fingerprint density at radius 3 is 2.09 bits per heavy atom. The molecule has 0 bridgehead atoms. The quantitative estimate of drug-likeness (QED) is 0.334. The van der Waals surface area contributed by atoms with Crippen LogP contribution in [-0.4, -0.2) is 46.9 Å². The van der Waals surface area contributed by atoms with Gasteiger partial charge in [0.1, 0.15) is 12.1 Å². The van der Waals surface area contributed by atoms with Crippen molar-refractivity contribution in [3.05, 3.63) is 0 Å². The number of hydrogen-bond acceptors (Lipinski definition) is 5. The number of amides is 3. The van der Waals surface area contributed by atoms with E-state index in [1.807, 2.05) is 13.8 Å². The molecular formula is C14H26N4O5. The highest BCUT2D eigenvalue weighted by Crippen LogP contribution is 2.05. The van der Waals surface area contributed by atoms with Crippen LogP contribution in [0.15, 0.2) is 0 Å². The number of aliphatic carboxylic acids is 1. The minimum absolute atomic E-state index is 0.0485. The van der Waals surface area contributed by atoms with E-state index in [2.05, 4.69) is 10.6 Å². The Morgan fingerprint density at radius 1 is 1.09 bits per heavy atom. The monoisotopic (exact) mass is 330 g/mol. The Labute approximate surface area is 135 Å². The maximum Gasteiger partial charge on any atom is 0.326 e. The van der Waals surface area contributed by atoms with E-state index >= 15 is 0 Å². The minimum Gasteiger partial charge on any atom is -0.480 e. The van der Waals surface area contributed by atoms with Crippen molar-refractivity contribution < 1.29 is 24.3 Å².